The third-order valence-electron chi connectivity index (χ3n) is 5.53. The van der Waals surface area contributed by atoms with Crippen LogP contribution >= 0.6 is 0 Å². The Hall–Kier alpha value is -2.77. The molecule has 0 aromatic heterocycles. The maximum absolute atomic E-state index is 12.9. The summed E-state index contributed by atoms with van der Waals surface area (Å²) in [6.45, 7) is 6.51. The van der Waals surface area contributed by atoms with Crippen LogP contribution in [0.5, 0.6) is 5.75 Å². The van der Waals surface area contributed by atoms with Gasteiger partial charge in [0, 0.05) is 69.8 Å². The molecule has 0 aliphatic carbocycles. The van der Waals surface area contributed by atoms with Crippen molar-refractivity contribution in [3.63, 3.8) is 0 Å². The van der Waals surface area contributed by atoms with Gasteiger partial charge in [-0.15, -0.1) is 0 Å². The number of urea groups is 1. The molecule has 0 saturated carbocycles. The molecule has 2 aliphatic rings. The highest BCUT2D eigenvalue weighted by atomic mass is 16.5. The molecule has 0 unspecified atom stereocenters. The first-order chi connectivity index (χ1) is 13.4. The lowest BCUT2D eigenvalue weighted by molar-refractivity contribution is -0.130. The van der Waals surface area contributed by atoms with Crippen LogP contribution in [0, 0.1) is 5.41 Å². The lowest BCUT2D eigenvalue weighted by Gasteiger charge is -2.33. The molecule has 2 saturated heterocycles. The van der Waals surface area contributed by atoms with Crippen molar-refractivity contribution in [2.75, 3.05) is 51.7 Å². The number of nitrogens with zero attached hydrogens (tertiary/aromatic N) is 3. The normalized spacial score (nSPS) is 22.4. The van der Waals surface area contributed by atoms with E-state index in [1.165, 1.54) is 6.92 Å². The highest BCUT2D eigenvalue weighted by Crippen LogP contribution is 2.35. The van der Waals surface area contributed by atoms with E-state index < -0.39 is 5.41 Å². The molecule has 8 heteroatoms. The Morgan fingerprint density at radius 2 is 1.89 bits per heavy atom. The molecule has 2 aliphatic heterocycles. The van der Waals surface area contributed by atoms with E-state index in [0.29, 0.717) is 57.1 Å². The van der Waals surface area contributed by atoms with Gasteiger partial charge in [0.05, 0.1) is 7.11 Å². The average Bonchev–Trinajstić information content (AvgIpc) is 2.85. The summed E-state index contributed by atoms with van der Waals surface area (Å²) < 4.78 is 5.20. The molecule has 2 heterocycles. The van der Waals surface area contributed by atoms with Gasteiger partial charge in [0.15, 0.2) is 0 Å². The zero-order valence-electron chi connectivity index (χ0n) is 16.7. The number of methoxy groups -OCH3 is 1. The quantitative estimate of drug-likeness (QED) is 0.853. The molecule has 2 fully saturated rings. The topological polar surface area (TPSA) is 82.2 Å². The Morgan fingerprint density at radius 3 is 2.54 bits per heavy atom. The number of anilines is 1. The van der Waals surface area contributed by atoms with E-state index in [-0.39, 0.29) is 17.8 Å². The monoisotopic (exact) mass is 388 g/mol. The number of likely N-dealkylation sites (tertiary alicyclic amines) is 1. The molecular weight excluding hydrogens is 360 g/mol. The van der Waals surface area contributed by atoms with Crippen molar-refractivity contribution in [1.82, 2.24) is 14.7 Å². The van der Waals surface area contributed by atoms with Gasteiger partial charge < -0.3 is 24.8 Å². The molecule has 1 N–H and O–H groups in total. The maximum Gasteiger partial charge on any atom is 0.321 e. The Balaban J connectivity index is 1.79. The number of rotatable bonds is 3. The molecule has 152 valence electrons. The molecule has 4 amide bonds. The first-order valence-corrected chi connectivity index (χ1v) is 9.59. The fourth-order valence-corrected chi connectivity index (χ4v) is 4.09. The third-order valence-corrected chi connectivity index (χ3v) is 5.53. The van der Waals surface area contributed by atoms with Crippen LogP contribution in [0.3, 0.4) is 0 Å². The highest BCUT2D eigenvalue weighted by Gasteiger charge is 2.47. The van der Waals surface area contributed by atoms with Gasteiger partial charge in [-0.2, -0.15) is 0 Å². The van der Waals surface area contributed by atoms with Gasteiger partial charge in [0.2, 0.25) is 11.8 Å². The lowest BCUT2D eigenvalue weighted by atomic mass is 9.86. The third kappa shape index (κ3) is 4.21. The van der Waals surface area contributed by atoms with Crippen LogP contribution in [0.2, 0.25) is 0 Å². The zero-order chi connectivity index (χ0) is 20.3. The van der Waals surface area contributed by atoms with Crippen LogP contribution in [0.4, 0.5) is 10.5 Å². The molecule has 8 nitrogen and oxygen atoms in total. The Bertz CT molecular complexity index is 768. The van der Waals surface area contributed by atoms with E-state index in [1.54, 1.807) is 29.0 Å². The Labute approximate surface area is 165 Å². The van der Waals surface area contributed by atoms with Crippen molar-refractivity contribution in [2.45, 2.75) is 20.3 Å². The van der Waals surface area contributed by atoms with Crippen molar-refractivity contribution in [3.8, 4) is 5.75 Å². The van der Waals surface area contributed by atoms with Crippen molar-refractivity contribution < 1.29 is 19.1 Å². The van der Waals surface area contributed by atoms with Crippen molar-refractivity contribution >= 4 is 23.5 Å². The lowest BCUT2D eigenvalue weighted by Crippen LogP contribution is -2.46. The van der Waals surface area contributed by atoms with Gasteiger partial charge in [0.1, 0.15) is 5.75 Å². The summed E-state index contributed by atoms with van der Waals surface area (Å²) >= 11 is 0. The fourth-order valence-electron chi connectivity index (χ4n) is 4.09. The molecule has 0 radical (unpaired) electrons. The largest absolute Gasteiger partial charge is 0.497 e. The Kier molecular flexibility index (Phi) is 5.76. The minimum absolute atomic E-state index is 0.0307. The summed E-state index contributed by atoms with van der Waals surface area (Å²) in [6.07, 6.45) is 0.355. The number of ether oxygens (including phenoxy) is 1. The first-order valence-electron chi connectivity index (χ1n) is 9.59. The van der Waals surface area contributed by atoms with E-state index in [4.69, 9.17) is 4.74 Å². The smallest absolute Gasteiger partial charge is 0.321 e. The van der Waals surface area contributed by atoms with Crippen LogP contribution in [0.1, 0.15) is 20.3 Å². The van der Waals surface area contributed by atoms with E-state index in [9.17, 15) is 14.4 Å². The zero-order valence-corrected chi connectivity index (χ0v) is 16.7. The number of hydrogen-bond donors (Lipinski definition) is 1. The number of carbonyl (C=O) groups excluding carboxylic acids is 3. The van der Waals surface area contributed by atoms with Crippen LogP contribution < -0.4 is 10.1 Å². The first kappa shape index (κ1) is 20.0. The van der Waals surface area contributed by atoms with Gasteiger partial charge in [0.25, 0.3) is 0 Å². The second kappa shape index (κ2) is 8.08. The molecular formula is C20H28N4O4. The van der Waals surface area contributed by atoms with Gasteiger partial charge in [-0.25, -0.2) is 4.79 Å². The van der Waals surface area contributed by atoms with Crippen molar-refractivity contribution in [3.05, 3.63) is 24.3 Å². The summed E-state index contributed by atoms with van der Waals surface area (Å²) in [5, 5.41) is 2.91. The second-order valence-electron chi connectivity index (χ2n) is 7.61. The number of hydrogen-bond acceptors (Lipinski definition) is 4. The van der Waals surface area contributed by atoms with E-state index in [0.717, 1.165) is 0 Å². The van der Waals surface area contributed by atoms with Crippen LogP contribution in [-0.2, 0) is 9.59 Å². The number of amides is 4. The highest BCUT2D eigenvalue weighted by molar-refractivity contribution is 5.90. The summed E-state index contributed by atoms with van der Waals surface area (Å²) in [7, 11) is 1.58. The molecule has 1 aromatic rings. The molecule has 1 atom stereocenters. The maximum atomic E-state index is 12.9. The van der Waals surface area contributed by atoms with Crippen LogP contribution in [0.25, 0.3) is 0 Å². The van der Waals surface area contributed by atoms with Gasteiger partial charge in [-0.3, -0.25) is 9.59 Å². The molecule has 3 rings (SSSR count). The molecule has 0 bridgehead atoms. The predicted octanol–water partition coefficient (Wildman–Crippen LogP) is 1.63. The molecule has 1 aromatic carbocycles. The van der Waals surface area contributed by atoms with Crippen molar-refractivity contribution in [1.29, 1.82) is 0 Å². The van der Waals surface area contributed by atoms with E-state index in [1.807, 2.05) is 24.0 Å². The van der Waals surface area contributed by atoms with Gasteiger partial charge >= 0.3 is 6.03 Å². The minimum atomic E-state index is -0.430. The van der Waals surface area contributed by atoms with E-state index in [2.05, 4.69) is 5.32 Å². The summed E-state index contributed by atoms with van der Waals surface area (Å²) in [4.78, 5) is 42.7. The second-order valence-corrected chi connectivity index (χ2v) is 7.61. The average molecular weight is 388 g/mol. The summed E-state index contributed by atoms with van der Waals surface area (Å²) in [5.74, 6) is 0.714. The minimum Gasteiger partial charge on any atom is -0.497 e. The molecule has 28 heavy (non-hydrogen) atoms. The SMILES string of the molecule is CCN1C[C@]2(CC1=O)CN(C(C)=O)CCN(C(=O)Nc1cccc(OC)c1)C2. The Morgan fingerprint density at radius 1 is 1.18 bits per heavy atom. The number of benzene rings is 1. The fraction of sp³-hybridized carbons (Fsp3) is 0.550. The van der Waals surface area contributed by atoms with Crippen molar-refractivity contribution in [2.24, 2.45) is 5.41 Å². The van der Waals surface area contributed by atoms with Gasteiger partial charge in [-0.1, -0.05) is 6.07 Å². The summed E-state index contributed by atoms with van der Waals surface area (Å²) in [5.41, 5.74) is 0.213. The standard InChI is InChI=1S/C20H28N4O4/c1-4-22-12-20(11-18(22)26)13-23(15(2)25)8-9-24(14-20)19(27)21-16-6-5-7-17(10-16)28-3/h5-7,10H,4,8-9,11-14H2,1-3H3,(H,21,27)/t20-/m1/s1. The van der Waals surface area contributed by atoms with Gasteiger partial charge in [-0.05, 0) is 19.1 Å². The van der Waals surface area contributed by atoms with E-state index >= 15 is 0 Å². The van der Waals surface area contributed by atoms with Crippen LogP contribution in [0.15, 0.2) is 24.3 Å². The van der Waals surface area contributed by atoms with Crippen LogP contribution in [-0.4, -0.2) is 78.9 Å². The number of nitrogens with one attached hydrogen (secondary N) is 1. The number of carbonyl (C=O) groups is 3. The predicted molar refractivity (Wildman–Crippen MR) is 105 cm³/mol. The summed E-state index contributed by atoms with van der Waals surface area (Å²) in [6, 6.07) is 6.94. The molecule has 1 spiro atoms.